The molecule has 1 amide bonds. The van der Waals surface area contributed by atoms with Crippen LogP contribution in [0.5, 0.6) is 5.75 Å². The van der Waals surface area contributed by atoms with Crippen molar-refractivity contribution in [2.75, 3.05) is 26.7 Å². The van der Waals surface area contributed by atoms with E-state index in [4.69, 9.17) is 4.74 Å². The number of methoxy groups -OCH3 is 1. The quantitative estimate of drug-likeness (QED) is 0.908. The van der Waals surface area contributed by atoms with Gasteiger partial charge in [0.15, 0.2) is 0 Å². The summed E-state index contributed by atoms with van der Waals surface area (Å²) in [6.07, 6.45) is 2.30. The average Bonchev–Trinajstić information content (AvgIpc) is 2.93. The number of ether oxygens (including phenoxy) is 1. The standard InChI is InChI=1S/C15H24N2O2S/c1-11(2)16-8-12-5-4-6-17(9-12)15(18)14-7-13(19-3)10-20-14/h7,10-12,16H,4-6,8-9H2,1-3H3. The number of nitrogens with zero attached hydrogens (tertiary/aromatic N) is 1. The number of amides is 1. The zero-order chi connectivity index (χ0) is 14.5. The summed E-state index contributed by atoms with van der Waals surface area (Å²) < 4.78 is 5.15. The molecule has 1 atom stereocenters. The molecule has 1 fully saturated rings. The molecular formula is C15H24N2O2S. The first kappa shape index (κ1) is 15.3. The molecule has 1 unspecified atom stereocenters. The molecule has 0 radical (unpaired) electrons. The van der Waals surface area contributed by atoms with Gasteiger partial charge in [-0.05, 0) is 25.3 Å². The Morgan fingerprint density at radius 2 is 2.40 bits per heavy atom. The topological polar surface area (TPSA) is 41.6 Å². The van der Waals surface area contributed by atoms with Crippen molar-refractivity contribution in [3.8, 4) is 5.75 Å². The second kappa shape index (κ2) is 7.09. The SMILES string of the molecule is COc1csc(C(=O)N2CCCC(CNC(C)C)C2)c1. The molecule has 4 nitrogen and oxygen atoms in total. The zero-order valence-corrected chi connectivity index (χ0v) is 13.3. The minimum absolute atomic E-state index is 0.146. The molecule has 2 rings (SSSR count). The van der Waals surface area contributed by atoms with Crippen LogP contribution in [0.4, 0.5) is 0 Å². The Balaban J connectivity index is 1.92. The molecular weight excluding hydrogens is 272 g/mol. The monoisotopic (exact) mass is 296 g/mol. The maximum atomic E-state index is 12.5. The van der Waals surface area contributed by atoms with E-state index in [1.807, 2.05) is 16.3 Å². The first-order valence-electron chi connectivity index (χ1n) is 7.25. The molecule has 0 aromatic carbocycles. The van der Waals surface area contributed by atoms with E-state index in [2.05, 4.69) is 19.2 Å². The summed E-state index contributed by atoms with van der Waals surface area (Å²) >= 11 is 1.46. The van der Waals surface area contributed by atoms with Gasteiger partial charge in [0, 0.05) is 30.6 Å². The Bertz CT molecular complexity index is 445. The number of thiophene rings is 1. The molecule has 0 aliphatic carbocycles. The summed E-state index contributed by atoms with van der Waals surface area (Å²) in [4.78, 5) is 15.2. The smallest absolute Gasteiger partial charge is 0.264 e. The maximum Gasteiger partial charge on any atom is 0.264 e. The van der Waals surface area contributed by atoms with Crippen molar-refractivity contribution >= 4 is 17.2 Å². The molecule has 1 aliphatic rings. The minimum Gasteiger partial charge on any atom is -0.496 e. The van der Waals surface area contributed by atoms with Gasteiger partial charge in [-0.2, -0.15) is 0 Å². The van der Waals surface area contributed by atoms with Crippen molar-refractivity contribution in [1.29, 1.82) is 0 Å². The van der Waals surface area contributed by atoms with Gasteiger partial charge < -0.3 is 15.0 Å². The van der Waals surface area contributed by atoms with E-state index in [-0.39, 0.29) is 5.91 Å². The van der Waals surface area contributed by atoms with Crippen LogP contribution in [0, 0.1) is 5.92 Å². The summed E-state index contributed by atoms with van der Waals surface area (Å²) in [5.41, 5.74) is 0. The number of carbonyl (C=O) groups excluding carboxylic acids is 1. The van der Waals surface area contributed by atoms with Gasteiger partial charge in [0.05, 0.1) is 12.0 Å². The normalized spacial score (nSPS) is 19.4. The Morgan fingerprint density at radius 1 is 1.60 bits per heavy atom. The molecule has 1 saturated heterocycles. The first-order chi connectivity index (χ1) is 9.60. The summed E-state index contributed by atoms with van der Waals surface area (Å²) in [6.45, 7) is 7.04. The van der Waals surface area contributed by atoms with E-state index in [9.17, 15) is 4.79 Å². The molecule has 1 N–H and O–H groups in total. The number of carbonyl (C=O) groups is 1. The third kappa shape index (κ3) is 3.96. The highest BCUT2D eigenvalue weighted by Crippen LogP contribution is 2.25. The van der Waals surface area contributed by atoms with E-state index in [0.29, 0.717) is 12.0 Å². The molecule has 0 saturated carbocycles. The van der Waals surface area contributed by atoms with Gasteiger partial charge in [0.25, 0.3) is 5.91 Å². The Labute approximate surface area is 125 Å². The summed E-state index contributed by atoms with van der Waals surface area (Å²) in [7, 11) is 1.63. The van der Waals surface area contributed by atoms with Crippen LogP contribution in [-0.4, -0.2) is 43.6 Å². The summed E-state index contributed by atoms with van der Waals surface area (Å²) in [6, 6.07) is 2.34. The lowest BCUT2D eigenvalue weighted by atomic mass is 9.97. The van der Waals surface area contributed by atoms with Crippen LogP contribution in [-0.2, 0) is 0 Å². The van der Waals surface area contributed by atoms with Gasteiger partial charge in [0.2, 0.25) is 0 Å². The molecule has 1 aliphatic heterocycles. The van der Waals surface area contributed by atoms with Crippen LogP contribution < -0.4 is 10.1 Å². The van der Waals surface area contributed by atoms with Gasteiger partial charge >= 0.3 is 0 Å². The van der Waals surface area contributed by atoms with Gasteiger partial charge in [-0.1, -0.05) is 13.8 Å². The van der Waals surface area contributed by atoms with Crippen molar-refractivity contribution in [2.24, 2.45) is 5.92 Å². The number of piperidine rings is 1. The van der Waals surface area contributed by atoms with E-state index in [1.54, 1.807) is 7.11 Å². The Hall–Kier alpha value is -1.07. The van der Waals surface area contributed by atoms with Gasteiger partial charge in [-0.25, -0.2) is 0 Å². The van der Waals surface area contributed by atoms with Crippen molar-refractivity contribution in [1.82, 2.24) is 10.2 Å². The van der Waals surface area contributed by atoms with E-state index in [1.165, 1.54) is 17.8 Å². The van der Waals surface area contributed by atoms with Crippen molar-refractivity contribution < 1.29 is 9.53 Å². The lowest BCUT2D eigenvalue weighted by Crippen LogP contribution is -2.43. The highest BCUT2D eigenvalue weighted by Gasteiger charge is 2.25. The first-order valence-corrected chi connectivity index (χ1v) is 8.13. The zero-order valence-electron chi connectivity index (χ0n) is 12.5. The molecule has 112 valence electrons. The van der Waals surface area contributed by atoms with Gasteiger partial charge in [-0.15, -0.1) is 11.3 Å². The van der Waals surface area contributed by atoms with Crippen LogP contribution in [0.1, 0.15) is 36.4 Å². The van der Waals surface area contributed by atoms with Crippen molar-refractivity contribution in [2.45, 2.75) is 32.7 Å². The van der Waals surface area contributed by atoms with Crippen LogP contribution in [0.15, 0.2) is 11.4 Å². The van der Waals surface area contributed by atoms with Crippen molar-refractivity contribution in [3.63, 3.8) is 0 Å². The van der Waals surface area contributed by atoms with Gasteiger partial charge in [0.1, 0.15) is 5.75 Å². The second-order valence-electron chi connectivity index (χ2n) is 5.67. The van der Waals surface area contributed by atoms with E-state index in [0.717, 1.165) is 36.7 Å². The predicted octanol–water partition coefficient (Wildman–Crippen LogP) is 2.61. The molecule has 20 heavy (non-hydrogen) atoms. The molecule has 0 spiro atoms. The summed E-state index contributed by atoms with van der Waals surface area (Å²) in [5, 5.41) is 5.36. The second-order valence-corrected chi connectivity index (χ2v) is 6.58. The number of nitrogens with one attached hydrogen (secondary N) is 1. The molecule has 5 heteroatoms. The van der Waals surface area contributed by atoms with Crippen LogP contribution in [0.2, 0.25) is 0 Å². The lowest BCUT2D eigenvalue weighted by Gasteiger charge is -2.33. The number of hydrogen-bond donors (Lipinski definition) is 1. The Kier molecular flexibility index (Phi) is 5.43. The third-order valence-corrected chi connectivity index (χ3v) is 4.54. The Morgan fingerprint density at radius 3 is 3.05 bits per heavy atom. The molecule has 0 bridgehead atoms. The third-order valence-electron chi connectivity index (χ3n) is 3.64. The fourth-order valence-corrected chi connectivity index (χ4v) is 3.33. The largest absolute Gasteiger partial charge is 0.496 e. The van der Waals surface area contributed by atoms with Crippen molar-refractivity contribution in [3.05, 3.63) is 16.3 Å². The number of likely N-dealkylation sites (tertiary alicyclic amines) is 1. The predicted molar refractivity (Wildman–Crippen MR) is 82.6 cm³/mol. The fraction of sp³-hybridized carbons (Fsp3) is 0.667. The lowest BCUT2D eigenvalue weighted by molar-refractivity contribution is 0.0677. The molecule has 1 aromatic rings. The molecule has 1 aromatic heterocycles. The minimum atomic E-state index is 0.146. The number of hydrogen-bond acceptors (Lipinski definition) is 4. The van der Waals surface area contributed by atoms with E-state index >= 15 is 0 Å². The maximum absolute atomic E-state index is 12.5. The van der Waals surface area contributed by atoms with Crippen LogP contribution >= 0.6 is 11.3 Å². The highest BCUT2D eigenvalue weighted by atomic mass is 32.1. The van der Waals surface area contributed by atoms with Crippen LogP contribution in [0.3, 0.4) is 0 Å². The average molecular weight is 296 g/mol. The molecule has 2 heterocycles. The van der Waals surface area contributed by atoms with E-state index < -0.39 is 0 Å². The van der Waals surface area contributed by atoms with Gasteiger partial charge in [-0.3, -0.25) is 4.79 Å². The van der Waals surface area contributed by atoms with Crippen LogP contribution in [0.25, 0.3) is 0 Å². The fourth-order valence-electron chi connectivity index (χ4n) is 2.51. The summed E-state index contributed by atoms with van der Waals surface area (Å²) in [5.74, 6) is 1.48. The highest BCUT2D eigenvalue weighted by molar-refractivity contribution is 7.12. The number of rotatable bonds is 5.